The first-order valence-electron chi connectivity index (χ1n) is 14.8. The predicted molar refractivity (Wildman–Crippen MR) is 170 cm³/mol. The van der Waals surface area contributed by atoms with Crippen LogP contribution >= 0.6 is 0 Å². The van der Waals surface area contributed by atoms with Gasteiger partial charge in [0.2, 0.25) is 8.32 Å². The summed E-state index contributed by atoms with van der Waals surface area (Å²) in [5.74, 6) is 1.62. The van der Waals surface area contributed by atoms with E-state index in [1.54, 1.807) is 14.2 Å². The largest absolute Gasteiger partial charge is 0.493 e. The predicted octanol–water partition coefficient (Wildman–Crippen LogP) is 10.3. The maximum atomic E-state index is 7.57. The molecular weight excluding hydrogens is 505 g/mol. The van der Waals surface area contributed by atoms with Crippen LogP contribution < -0.4 is 9.47 Å². The molecule has 2 atom stereocenters. The average Bonchev–Trinajstić information content (AvgIpc) is 2.82. The molecule has 38 heavy (non-hydrogen) atoms. The van der Waals surface area contributed by atoms with Gasteiger partial charge in [-0.2, -0.15) is 0 Å². The second-order valence-electron chi connectivity index (χ2n) is 12.9. The van der Waals surface area contributed by atoms with E-state index >= 15 is 0 Å². The minimum absolute atomic E-state index is 0.121. The third-order valence-corrected chi connectivity index (χ3v) is 21.1. The van der Waals surface area contributed by atoms with Crippen LogP contribution in [0.15, 0.2) is 30.9 Å². The minimum atomic E-state index is -2.21. The zero-order chi connectivity index (χ0) is 29.4. The SMILES string of the molecule is C=CC[C@@H](CO[Si](C(C)C)(C(C)C)C(C)C)[C@H](O[Si](C(C)C)(C(C)C)C(C)C)c1ccc(OC)c(OC)c1. The zero-order valence-corrected chi connectivity index (χ0v) is 29.2. The van der Waals surface area contributed by atoms with Gasteiger partial charge in [0.15, 0.2) is 19.8 Å². The van der Waals surface area contributed by atoms with E-state index in [2.05, 4.69) is 102 Å². The Balaban J connectivity index is 3.77. The molecule has 0 spiro atoms. The van der Waals surface area contributed by atoms with Crippen molar-refractivity contribution in [3.8, 4) is 11.5 Å². The molecule has 0 aliphatic carbocycles. The number of benzene rings is 1. The number of rotatable bonds is 17. The third kappa shape index (κ3) is 7.35. The summed E-state index contributed by atoms with van der Waals surface area (Å²) in [6.07, 6.45) is 2.75. The van der Waals surface area contributed by atoms with E-state index < -0.39 is 16.6 Å². The molecule has 6 heteroatoms. The maximum absolute atomic E-state index is 7.57. The van der Waals surface area contributed by atoms with Crippen LogP contribution in [0.2, 0.25) is 33.2 Å². The van der Waals surface area contributed by atoms with Crippen molar-refractivity contribution < 1.29 is 18.3 Å². The second kappa shape index (κ2) is 15.1. The van der Waals surface area contributed by atoms with Gasteiger partial charge in [-0.3, -0.25) is 0 Å². The Hall–Kier alpha value is -1.09. The lowest BCUT2D eigenvalue weighted by atomic mass is 9.93. The molecule has 0 aromatic heterocycles. The summed E-state index contributed by atoms with van der Waals surface area (Å²) in [5, 5.41) is 0. The van der Waals surface area contributed by atoms with Gasteiger partial charge in [0.25, 0.3) is 0 Å². The van der Waals surface area contributed by atoms with E-state index in [1.807, 2.05) is 12.1 Å². The highest BCUT2D eigenvalue weighted by Gasteiger charge is 2.49. The van der Waals surface area contributed by atoms with Crippen molar-refractivity contribution in [2.45, 2.75) is 129 Å². The second-order valence-corrected chi connectivity index (χ2v) is 23.8. The fourth-order valence-electron chi connectivity index (χ4n) is 7.34. The molecule has 220 valence electrons. The van der Waals surface area contributed by atoms with Crippen molar-refractivity contribution in [1.82, 2.24) is 0 Å². The first-order valence-corrected chi connectivity index (χ1v) is 19.1. The van der Waals surface area contributed by atoms with Crippen LogP contribution in [0.5, 0.6) is 11.5 Å². The van der Waals surface area contributed by atoms with Crippen molar-refractivity contribution >= 4 is 16.6 Å². The number of methoxy groups -OCH3 is 2. The van der Waals surface area contributed by atoms with Crippen LogP contribution in [0.1, 0.15) is 101 Å². The molecule has 0 aliphatic rings. The third-order valence-electron chi connectivity index (χ3n) is 8.93. The standard InChI is InChI=1S/C32H60O4Si2/c1-16-17-29(21-35-37(22(2)3,23(4)5)24(6)7)32(28-18-19-30(33-14)31(20-28)34-15)36-38(25(8)9,26(10)11)27(12)13/h16,18-20,22-27,29,32H,1,17,21H2,2-15H3/t29-,32+/m0/s1. The fourth-order valence-corrected chi connectivity index (χ4v) is 18.4. The Kier molecular flexibility index (Phi) is 13.8. The number of hydrogen-bond acceptors (Lipinski definition) is 4. The first kappa shape index (κ1) is 34.9. The van der Waals surface area contributed by atoms with Crippen LogP contribution in [0.3, 0.4) is 0 Å². The van der Waals surface area contributed by atoms with Crippen molar-refractivity contribution in [3.63, 3.8) is 0 Å². The zero-order valence-electron chi connectivity index (χ0n) is 27.2. The Morgan fingerprint density at radius 3 is 1.50 bits per heavy atom. The molecule has 4 nitrogen and oxygen atoms in total. The average molecular weight is 565 g/mol. The normalized spacial score (nSPS) is 14.7. The molecule has 1 rings (SSSR count). The molecule has 0 saturated heterocycles. The van der Waals surface area contributed by atoms with Crippen LogP contribution in [-0.2, 0) is 8.85 Å². The Labute approximate surface area is 238 Å². The van der Waals surface area contributed by atoms with Crippen molar-refractivity contribution in [2.75, 3.05) is 20.8 Å². The Bertz CT molecular complexity index is 804. The van der Waals surface area contributed by atoms with Gasteiger partial charge < -0.3 is 18.3 Å². The molecule has 0 radical (unpaired) electrons. The molecule has 0 N–H and O–H groups in total. The smallest absolute Gasteiger partial charge is 0.201 e. The molecule has 0 heterocycles. The van der Waals surface area contributed by atoms with Crippen LogP contribution in [0, 0.1) is 5.92 Å². The summed E-state index contributed by atoms with van der Waals surface area (Å²) in [6.45, 7) is 33.1. The summed E-state index contributed by atoms with van der Waals surface area (Å²) in [5.41, 5.74) is 4.15. The molecule has 0 aliphatic heterocycles. The van der Waals surface area contributed by atoms with E-state index in [0.29, 0.717) is 39.9 Å². The van der Waals surface area contributed by atoms with E-state index in [0.717, 1.165) is 23.5 Å². The van der Waals surface area contributed by atoms with Gasteiger partial charge in [-0.1, -0.05) is 95.2 Å². The minimum Gasteiger partial charge on any atom is -0.493 e. The van der Waals surface area contributed by atoms with Gasteiger partial charge in [-0.25, -0.2) is 0 Å². The highest BCUT2D eigenvalue weighted by atomic mass is 28.4. The number of ether oxygens (including phenoxy) is 2. The van der Waals surface area contributed by atoms with Crippen LogP contribution in [-0.4, -0.2) is 37.5 Å². The van der Waals surface area contributed by atoms with Gasteiger partial charge in [0, 0.05) is 12.5 Å². The lowest BCUT2D eigenvalue weighted by Crippen LogP contribution is -2.51. The van der Waals surface area contributed by atoms with E-state index in [4.69, 9.17) is 18.3 Å². The molecule has 0 unspecified atom stereocenters. The lowest BCUT2D eigenvalue weighted by Gasteiger charge is -2.47. The van der Waals surface area contributed by atoms with Gasteiger partial charge in [0.05, 0.1) is 20.3 Å². The van der Waals surface area contributed by atoms with E-state index in [1.165, 1.54) is 0 Å². The maximum Gasteiger partial charge on any atom is 0.201 e. The van der Waals surface area contributed by atoms with Crippen molar-refractivity contribution in [3.05, 3.63) is 36.4 Å². The molecule has 1 aromatic carbocycles. The van der Waals surface area contributed by atoms with Crippen molar-refractivity contribution in [2.24, 2.45) is 5.92 Å². The molecule has 0 saturated carbocycles. The number of hydrogen-bond donors (Lipinski definition) is 0. The first-order chi connectivity index (χ1) is 17.7. The summed E-state index contributed by atoms with van der Waals surface area (Å²) in [6, 6.07) is 6.27. The van der Waals surface area contributed by atoms with Gasteiger partial charge in [0.1, 0.15) is 0 Å². The lowest BCUT2D eigenvalue weighted by molar-refractivity contribution is 0.0742. The van der Waals surface area contributed by atoms with Gasteiger partial charge in [-0.05, 0) is 57.4 Å². The number of allylic oxidation sites excluding steroid dienone is 1. The summed E-state index contributed by atoms with van der Waals surface area (Å²) in [7, 11) is -0.870. The monoisotopic (exact) mass is 564 g/mol. The highest BCUT2D eigenvalue weighted by molar-refractivity contribution is 6.78. The van der Waals surface area contributed by atoms with Crippen molar-refractivity contribution in [1.29, 1.82) is 0 Å². The molecule has 0 fully saturated rings. The van der Waals surface area contributed by atoms with E-state index in [-0.39, 0.29) is 12.0 Å². The molecular formula is C32H60O4Si2. The van der Waals surface area contributed by atoms with E-state index in [9.17, 15) is 0 Å². The van der Waals surface area contributed by atoms with Gasteiger partial charge in [-0.15, -0.1) is 6.58 Å². The molecule has 1 aromatic rings. The quantitative estimate of drug-likeness (QED) is 0.139. The fraction of sp³-hybridized carbons (Fsp3) is 0.750. The Morgan fingerprint density at radius 1 is 0.684 bits per heavy atom. The molecule has 0 amide bonds. The van der Waals surface area contributed by atoms with Crippen LogP contribution in [0.25, 0.3) is 0 Å². The highest BCUT2D eigenvalue weighted by Crippen LogP contribution is 2.49. The molecule has 0 bridgehead atoms. The summed E-state index contributed by atoms with van der Waals surface area (Å²) in [4.78, 5) is 0. The topological polar surface area (TPSA) is 36.9 Å². The Morgan fingerprint density at radius 2 is 1.13 bits per heavy atom. The van der Waals surface area contributed by atoms with Crippen LogP contribution in [0.4, 0.5) is 0 Å². The summed E-state index contributed by atoms with van der Waals surface area (Å²) >= 11 is 0. The van der Waals surface area contributed by atoms with Gasteiger partial charge >= 0.3 is 0 Å². The summed E-state index contributed by atoms with van der Waals surface area (Å²) < 4.78 is 26.1.